The zero-order valence-corrected chi connectivity index (χ0v) is 9.12. The first-order chi connectivity index (χ1) is 7.70. The molecule has 1 atom stereocenters. The lowest BCUT2D eigenvalue weighted by Crippen LogP contribution is -2.34. The van der Waals surface area contributed by atoms with Crippen LogP contribution in [0, 0.1) is 5.92 Å². The predicted octanol–water partition coefficient (Wildman–Crippen LogP) is -1.50. The monoisotopic (exact) mass is 225 g/mol. The third-order valence-electron chi connectivity index (χ3n) is 2.77. The van der Waals surface area contributed by atoms with Crippen molar-refractivity contribution in [2.45, 2.75) is 6.42 Å². The van der Waals surface area contributed by atoms with Crippen LogP contribution in [0.2, 0.25) is 0 Å². The quantitative estimate of drug-likeness (QED) is 0.582. The normalized spacial score (nSPS) is 20.3. The lowest BCUT2D eigenvalue weighted by molar-refractivity contribution is 0.548. The summed E-state index contributed by atoms with van der Waals surface area (Å²) in [5.41, 5.74) is -0.992. The van der Waals surface area contributed by atoms with Crippen molar-refractivity contribution >= 4 is 5.82 Å². The summed E-state index contributed by atoms with van der Waals surface area (Å²) in [6.45, 7) is 2.52. The van der Waals surface area contributed by atoms with Gasteiger partial charge in [0.25, 0.3) is 5.56 Å². The highest BCUT2D eigenvalue weighted by atomic mass is 16.2. The maximum atomic E-state index is 11.5. The Bertz CT molecular complexity index is 465. The second-order valence-corrected chi connectivity index (χ2v) is 3.99. The van der Waals surface area contributed by atoms with Crippen molar-refractivity contribution in [3.05, 3.63) is 20.8 Å². The Hall–Kier alpha value is -1.63. The number of aromatic amines is 2. The number of rotatable bonds is 3. The highest BCUT2D eigenvalue weighted by molar-refractivity contribution is 5.35. The van der Waals surface area contributed by atoms with Gasteiger partial charge in [-0.05, 0) is 25.9 Å². The third kappa shape index (κ3) is 2.13. The SMILES string of the molecule is CNCC1CCN(c2n[nH]c(=O)[nH]c2=O)C1. The molecule has 3 N–H and O–H groups in total. The number of nitrogens with zero attached hydrogens (tertiary/aromatic N) is 2. The number of hydrogen-bond acceptors (Lipinski definition) is 5. The van der Waals surface area contributed by atoms with Gasteiger partial charge < -0.3 is 10.2 Å². The first-order valence-electron chi connectivity index (χ1n) is 5.29. The Balaban J connectivity index is 2.14. The molecule has 0 aliphatic carbocycles. The van der Waals surface area contributed by atoms with Crippen molar-refractivity contribution in [2.24, 2.45) is 5.92 Å². The van der Waals surface area contributed by atoms with E-state index in [1.807, 2.05) is 11.9 Å². The summed E-state index contributed by atoms with van der Waals surface area (Å²) in [6.07, 6.45) is 1.03. The Morgan fingerprint density at radius 3 is 3.06 bits per heavy atom. The molecule has 0 bridgehead atoms. The molecular formula is C9H15N5O2. The van der Waals surface area contributed by atoms with Crippen LogP contribution in [0.25, 0.3) is 0 Å². The standard InChI is InChI=1S/C9H15N5O2/c1-10-4-6-2-3-14(5-6)7-8(15)11-9(16)13-12-7/h6,10H,2-5H2,1H3,(H2,11,13,15,16). The van der Waals surface area contributed by atoms with Crippen LogP contribution in [0.1, 0.15) is 6.42 Å². The van der Waals surface area contributed by atoms with Gasteiger partial charge in [0.2, 0.25) is 5.82 Å². The van der Waals surface area contributed by atoms with E-state index in [1.165, 1.54) is 0 Å². The van der Waals surface area contributed by atoms with Gasteiger partial charge in [-0.3, -0.25) is 9.78 Å². The second kappa shape index (κ2) is 4.48. The van der Waals surface area contributed by atoms with Crippen molar-refractivity contribution in [3.8, 4) is 0 Å². The topological polar surface area (TPSA) is 93.9 Å². The number of anilines is 1. The van der Waals surface area contributed by atoms with Crippen LogP contribution in [0.15, 0.2) is 9.59 Å². The summed E-state index contributed by atoms with van der Waals surface area (Å²) in [7, 11) is 1.91. The van der Waals surface area contributed by atoms with E-state index in [9.17, 15) is 9.59 Å². The molecule has 1 saturated heterocycles. The predicted molar refractivity (Wildman–Crippen MR) is 59.7 cm³/mol. The summed E-state index contributed by atoms with van der Waals surface area (Å²) in [4.78, 5) is 26.4. The van der Waals surface area contributed by atoms with Crippen LogP contribution in [0.5, 0.6) is 0 Å². The van der Waals surface area contributed by atoms with Crippen LogP contribution < -0.4 is 21.5 Å². The number of hydrogen-bond donors (Lipinski definition) is 3. The average molecular weight is 225 g/mol. The fourth-order valence-corrected chi connectivity index (χ4v) is 2.04. The Kier molecular flexibility index (Phi) is 3.04. The van der Waals surface area contributed by atoms with Crippen LogP contribution in [0.3, 0.4) is 0 Å². The smallest absolute Gasteiger partial charge is 0.342 e. The minimum absolute atomic E-state index is 0.304. The minimum atomic E-state index is -0.570. The number of H-pyrrole nitrogens is 2. The lowest BCUT2D eigenvalue weighted by atomic mass is 10.1. The number of nitrogens with one attached hydrogen (secondary N) is 3. The average Bonchev–Trinajstić information content (AvgIpc) is 2.67. The van der Waals surface area contributed by atoms with Crippen molar-refractivity contribution < 1.29 is 0 Å². The molecule has 16 heavy (non-hydrogen) atoms. The van der Waals surface area contributed by atoms with E-state index in [1.54, 1.807) is 0 Å². The summed E-state index contributed by atoms with van der Waals surface area (Å²) < 4.78 is 0. The third-order valence-corrected chi connectivity index (χ3v) is 2.77. The van der Waals surface area contributed by atoms with E-state index in [4.69, 9.17) is 0 Å². The molecule has 1 aliphatic heterocycles. The fourth-order valence-electron chi connectivity index (χ4n) is 2.04. The Labute approximate surface area is 91.9 Å². The molecule has 0 radical (unpaired) electrons. The van der Waals surface area contributed by atoms with Crippen molar-refractivity contribution in [2.75, 3.05) is 31.6 Å². The molecule has 88 valence electrons. The summed E-state index contributed by atoms with van der Waals surface area (Å²) in [5, 5.41) is 9.14. The zero-order chi connectivity index (χ0) is 11.5. The van der Waals surface area contributed by atoms with Crippen LogP contribution in [0.4, 0.5) is 5.82 Å². The molecule has 7 heteroatoms. The van der Waals surface area contributed by atoms with Crippen molar-refractivity contribution in [3.63, 3.8) is 0 Å². The minimum Gasteiger partial charge on any atom is -0.350 e. The largest absolute Gasteiger partial charge is 0.350 e. The first kappa shape index (κ1) is 10.9. The molecular weight excluding hydrogens is 210 g/mol. The summed E-state index contributed by atoms with van der Waals surface area (Å²) >= 11 is 0. The highest BCUT2D eigenvalue weighted by Crippen LogP contribution is 2.17. The molecule has 1 unspecified atom stereocenters. The van der Waals surface area contributed by atoms with Crippen LogP contribution in [-0.2, 0) is 0 Å². The molecule has 0 amide bonds. The first-order valence-corrected chi connectivity index (χ1v) is 5.29. The van der Waals surface area contributed by atoms with Gasteiger partial charge in [-0.25, -0.2) is 9.89 Å². The molecule has 1 fully saturated rings. The van der Waals surface area contributed by atoms with E-state index < -0.39 is 11.2 Å². The highest BCUT2D eigenvalue weighted by Gasteiger charge is 2.24. The fraction of sp³-hybridized carbons (Fsp3) is 0.667. The maximum absolute atomic E-state index is 11.5. The van der Waals surface area contributed by atoms with Crippen LogP contribution in [-0.4, -0.2) is 41.9 Å². The number of aromatic nitrogens is 3. The van der Waals surface area contributed by atoms with Gasteiger partial charge in [0.15, 0.2) is 0 Å². The molecule has 2 heterocycles. The lowest BCUT2D eigenvalue weighted by Gasteiger charge is -2.15. The van der Waals surface area contributed by atoms with Crippen molar-refractivity contribution in [1.29, 1.82) is 0 Å². The van der Waals surface area contributed by atoms with Gasteiger partial charge in [0, 0.05) is 13.1 Å². The molecule has 0 spiro atoms. The molecule has 0 saturated carbocycles. The van der Waals surface area contributed by atoms with Gasteiger partial charge in [0.05, 0.1) is 0 Å². The van der Waals surface area contributed by atoms with E-state index in [2.05, 4.69) is 20.5 Å². The Morgan fingerprint density at radius 2 is 2.38 bits per heavy atom. The van der Waals surface area contributed by atoms with Gasteiger partial charge >= 0.3 is 5.69 Å². The van der Waals surface area contributed by atoms with E-state index in [0.717, 1.165) is 26.1 Å². The van der Waals surface area contributed by atoms with Gasteiger partial charge in [0.1, 0.15) is 0 Å². The summed E-state index contributed by atoms with van der Waals surface area (Å²) in [5.74, 6) is 0.830. The van der Waals surface area contributed by atoms with E-state index in [-0.39, 0.29) is 0 Å². The van der Waals surface area contributed by atoms with Gasteiger partial charge in [-0.2, -0.15) is 0 Å². The summed E-state index contributed by atoms with van der Waals surface area (Å²) in [6, 6.07) is 0. The van der Waals surface area contributed by atoms with Gasteiger partial charge in [-0.15, -0.1) is 5.10 Å². The zero-order valence-electron chi connectivity index (χ0n) is 9.12. The van der Waals surface area contributed by atoms with Gasteiger partial charge in [-0.1, -0.05) is 0 Å². The maximum Gasteiger partial charge on any atom is 0.342 e. The molecule has 1 aromatic heterocycles. The molecule has 7 nitrogen and oxygen atoms in total. The van der Waals surface area contributed by atoms with Crippen LogP contribution >= 0.6 is 0 Å². The molecule has 1 aliphatic rings. The molecule has 1 aromatic rings. The van der Waals surface area contributed by atoms with E-state index in [0.29, 0.717) is 11.7 Å². The second-order valence-electron chi connectivity index (χ2n) is 3.99. The Morgan fingerprint density at radius 1 is 1.56 bits per heavy atom. The molecule has 0 aromatic carbocycles. The van der Waals surface area contributed by atoms with Crippen molar-refractivity contribution in [1.82, 2.24) is 20.5 Å². The molecule has 2 rings (SSSR count). The van der Waals surface area contributed by atoms with E-state index >= 15 is 0 Å².